The van der Waals surface area contributed by atoms with Crippen molar-refractivity contribution >= 4 is 17.7 Å². The van der Waals surface area contributed by atoms with Gasteiger partial charge in [-0.3, -0.25) is 10.1 Å². The number of carboxylic acids is 1. The van der Waals surface area contributed by atoms with E-state index in [9.17, 15) is 9.59 Å². The summed E-state index contributed by atoms with van der Waals surface area (Å²) in [6.45, 7) is 3.95. The Bertz CT molecular complexity index is 643. The van der Waals surface area contributed by atoms with Crippen LogP contribution in [-0.2, 0) is 19.0 Å². The van der Waals surface area contributed by atoms with E-state index in [1.54, 1.807) is 26.0 Å². The van der Waals surface area contributed by atoms with E-state index < -0.39 is 24.1 Å². The van der Waals surface area contributed by atoms with E-state index in [1.807, 2.05) is 30.4 Å². The number of ether oxygens (including phenoxy) is 3. The first kappa shape index (κ1) is 20.9. The molecule has 0 saturated carbocycles. The first-order chi connectivity index (χ1) is 12.9. The van der Waals surface area contributed by atoms with Crippen LogP contribution in [0.1, 0.15) is 39.5 Å². The number of anilines is 1. The fourth-order valence-corrected chi connectivity index (χ4v) is 2.63. The van der Waals surface area contributed by atoms with Crippen LogP contribution in [-0.4, -0.2) is 35.9 Å². The number of carboxylic acid groups (broad SMARTS) is 1. The van der Waals surface area contributed by atoms with Gasteiger partial charge in [0.15, 0.2) is 5.79 Å². The second-order valence-corrected chi connectivity index (χ2v) is 6.85. The maximum absolute atomic E-state index is 12.2. The van der Waals surface area contributed by atoms with E-state index in [1.165, 1.54) is 0 Å². The largest absolute Gasteiger partial charge is 0.481 e. The standard InChI is InChI=1S/C20H27NO6/c1-20(2)25-14-15(10-6-3-4-9-13-17(22)23)18(27-20)26-19(24)21-16-11-7-5-8-12-16/h3,5-8,11-12,15,18H,4,9-10,13-14H2,1-2H3,(H,21,24)(H,22,23). The highest BCUT2D eigenvalue weighted by Crippen LogP contribution is 2.29. The molecule has 0 aromatic heterocycles. The number of unbranched alkanes of at least 4 members (excludes halogenated alkanes) is 1. The van der Waals surface area contributed by atoms with Crippen LogP contribution in [0.25, 0.3) is 0 Å². The number of rotatable bonds is 8. The van der Waals surface area contributed by atoms with Gasteiger partial charge in [0.05, 0.1) is 6.61 Å². The molecule has 0 spiro atoms. The van der Waals surface area contributed by atoms with Crippen LogP contribution < -0.4 is 5.32 Å². The van der Waals surface area contributed by atoms with Crippen molar-refractivity contribution in [3.8, 4) is 0 Å². The molecule has 1 aromatic rings. The lowest BCUT2D eigenvalue weighted by Crippen LogP contribution is -2.47. The summed E-state index contributed by atoms with van der Waals surface area (Å²) in [7, 11) is 0. The molecule has 2 atom stereocenters. The molecule has 2 N–H and O–H groups in total. The van der Waals surface area contributed by atoms with Gasteiger partial charge in [-0.25, -0.2) is 4.79 Å². The Balaban J connectivity index is 1.87. The Morgan fingerprint density at radius 1 is 1.30 bits per heavy atom. The van der Waals surface area contributed by atoms with Crippen LogP contribution in [0.2, 0.25) is 0 Å². The maximum Gasteiger partial charge on any atom is 0.413 e. The Labute approximate surface area is 159 Å². The smallest absolute Gasteiger partial charge is 0.413 e. The van der Waals surface area contributed by atoms with Crippen molar-refractivity contribution in [2.45, 2.75) is 51.6 Å². The van der Waals surface area contributed by atoms with Gasteiger partial charge in [0.2, 0.25) is 6.29 Å². The number of amides is 1. The molecule has 2 unspecified atom stereocenters. The first-order valence-corrected chi connectivity index (χ1v) is 9.07. The number of hydrogen-bond acceptors (Lipinski definition) is 5. The van der Waals surface area contributed by atoms with E-state index in [2.05, 4.69) is 5.32 Å². The molecule has 2 rings (SSSR count). The Morgan fingerprint density at radius 3 is 2.74 bits per heavy atom. The Kier molecular flexibility index (Phi) is 7.82. The monoisotopic (exact) mass is 377 g/mol. The molecule has 1 aliphatic rings. The van der Waals surface area contributed by atoms with Gasteiger partial charge in [-0.05, 0) is 45.2 Å². The normalized spacial score (nSPS) is 21.7. The lowest BCUT2D eigenvalue weighted by molar-refractivity contribution is -0.337. The summed E-state index contributed by atoms with van der Waals surface area (Å²) in [4.78, 5) is 22.7. The van der Waals surface area contributed by atoms with Crippen molar-refractivity contribution in [1.82, 2.24) is 0 Å². The number of benzene rings is 1. The van der Waals surface area contributed by atoms with Gasteiger partial charge < -0.3 is 19.3 Å². The van der Waals surface area contributed by atoms with E-state index in [0.29, 0.717) is 31.6 Å². The number of allylic oxidation sites excluding steroid dienone is 2. The van der Waals surface area contributed by atoms with Crippen LogP contribution in [0.15, 0.2) is 42.5 Å². The molecule has 1 fully saturated rings. The van der Waals surface area contributed by atoms with Gasteiger partial charge in [0.25, 0.3) is 0 Å². The van der Waals surface area contributed by atoms with Gasteiger partial charge >= 0.3 is 12.1 Å². The van der Waals surface area contributed by atoms with E-state index in [0.717, 1.165) is 0 Å². The van der Waals surface area contributed by atoms with Crippen LogP contribution in [0.5, 0.6) is 0 Å². The molecule has 0 aliphatic carbocycles. The van der Waals surface area contributed by atoms with E-state index in [4.69, 9.17) is 19.3 Å². The van der Waals surface area contributed by atoms with Crippen molar-refractivity contribution in [3.05, 3.63) is 42.5 Å². The van der Waals surface area contributed by atoms with Crippen LogP contribution in [0, 0.1) is 5.92 Å². The van der Waals surface area contributed by atoms with Crippen LogP contribution in [0.3, 0.4) is 0 Å². The van der Waals surface area contributed by atoms with Gasteiger partial charge in [0, 0.05) is 18.0 Å². The molecule has 0 bridgehead atoms. The molecule has 1 amide bonds. The minimum atomic E-state index is -0.834. The molecule has 1 aliphatic heterocycles. The Morgan fingerprint density at radius 2 is 2.04 bits per heavy atom. The predicted octanol–water partition coefficient (Wildman–Crippen LogP) is 4.16. The summed E-state index contributed by atoms with van der Waals surface area (Å²) in [5.41, 5.74) is 0.642. The second kappa shape index (κ2) is 10.1. The number of carbonyl (C=O) groups is 2. The molecule has 7 heteroatoms. The van der Waals surface area contributed by atoms with Gasteiger partial charge in [-0.2, -0.15) is 0 Å². The zero-order valence-corrected chi connectivity index (χ0v) is 15.7. The number of nitrogens with one attached hydrogen (secondary N) is 1. The fraction of sp³-hybridized carbons (Fsp3) is 0.500. The van der Waals surface area contributed by atoms with Crippen molar-refractivity contribution < 1.29 is 28.9 Å². The highest BCUT2D eigenvalue weighted by atomic mass is 16.8. The van der Waals surface area contributed by atoms with Gasteiger partial charge in [-0.15, -0.1) is 0 Å². The SMILES string of the molecule is CC1(C)OCC(CC=CCCCC(=O)O)C(OC(=O)Nc2ccccc2)O1. The molecule has 27 heavy (non-hydrogen) atoms. The Hall–Kier alpha value is -2.38. The lowest BCUT2D eigenvalue weighted by Gasteiger charge is -2.39. The fourth-order valence-electron chi connectivity index (χ4n) is 2.63. The molecule has 1 saturated heterocycles. The lowest BCUT2D eigenvalue weighted by atomic mass is 10.0. The van der Waals surface area contributed by atoms with E-state index in [-0.39, 0.29) is 12.3 Å². The molecule has 0 radical (unpaired) electrons. The zero-order chi connectivity index (χ0) is 19.7. The minimum Gasteiger partial charge on any atom is -0.481 e. The summed E-state index contributed by atoms with van der Waals surface area (Å²) in [5.74, 6) is -1.77. The number of para-hydroxylation sites is 1. The highest BCUT2D eigenvalue weighted by Gasteiger charge is 2.38. The maximum atomic E-state index is 12.2. The average Bonchev–Trinajstić information content (AvgIpc) is 2.59. The van der Waals surface area contributed by atoms with Crippen molar-refractivity contribution in [3.63, 3.8) is 0 Å². The number of hydrogen-bond donors (Lipinski definition) is 2. The second-order valence-electron chi connectivity index (χ2n) is 6.85. The molecular weight excluding hydrogens is 350 g/mol. The molecular formula is C20H27NO6. The molecule has 148 valence electrons. The van der Waals surface area contributed by atoms with Gasteiger partial charge in [0.1, 0.15) is 0 Å². The van der Waals surface area contributed by atoms with E-state index >= 15 is 0 Å². The third kappa shape index (κ3) is 7.80. The first-order valence-electron chi connectivity index (χ1n) is 9.07. The number of aliphatic carboxylic acids is 1. The van der Waals surface area contributed by atoms with Gasteiger partial charge in [-0.1, -0.05) is 30.4 Å². The molecule has 1 aromatic carbocycles. The van der Waals surface area contributed by atoms with Crippen molar-refractivity contribution in [1.29, 1.82) is 0 Å². The third-order valence-corrected chi connectivity index (χ3v) is 4.04. The zero-order valence-electron chi connectivity index (χ0n) is 15.7. The van der Waals surface area contributed by atoms with Crippen LogP contribution >= 0.6 is 0 Å². The minimum absolute atomic E-state index is 0.143. The van der Waals surface area contributed by atoms with Crippen LogP contribution in [0.4, 0.5) is 10.5 Å². The summed E-state index contributed by atoms with van der Waals surface area (Å²) < 4.78 is 16.9. The third-order valence-electron chi connectivity index (χ3n) is 4.04. The summed E-state index contributed by atoms with van der Waals surface area (Å²) >= 11 is 0. The topological polar surface area (TPSA) is 94.1 Å². The van der Waals surface area contributed by atoms with Crippen molar-refractivity contribution in [2.75, 3.05) is 11.9 Å². The summed E-state index contributed by atoms with van der Waals surface area (Å²) in [6.07, 6.45) is 4.60. The summed E-state index contributed by atoms with van der Waals surface area (Å²) in [5, 5.41) is 11.3. The summed E-state index contributed by atoms with van der Waals surface area (Å²) in [6, 6.07) is 9.05. The predicted molar refractivity (Wildman–Crippen MR) is 100 cm³/mol. The molecule has 1 heterocycles. The number of carbonyl (C=O) groups excluding carboxylic acids is 1. The quantitative estimate of drug-likeness (QED) is 0.522. The average molecular weight is 377 g/mol. The highest BCUT2D eigenvalue weighted by molar-refractivity contribution is 5.84. The van der Waals surface area contributed by atoms with Crippen molar-refractivity contribution in [2.24, 2.45) is 5.92 Å². The molecule has 7 nitrogen and oxygen atoms in total.